The van der Waals surface area contributed by atoms with E-state index in [9.17, 15) is 18.3 Å². The average molecular weight is 671 g/mol. The predicted molar refractivity (Wildman–Crippen MR) is 174 cm³/mol. The monoisotopic (exact) mass is 670 g/mol. The van der Waals surface area contributed by atoms with Crippen LogP contribution in [0.2, 0.25) is 0 Å². The van der Waals surface area contributed by atoms with Gasteiger partial charge in [0.05, 0.1) is 40.5 Å². The van der Waals surface area contributed by atoms with Crippen LogP contribution in [0, 0.1) is 23.7 Å². The van der Waals surface area contributed by atoms with E-state index < -0.39 is 28.3 Å². The van der Waals surface area contributed by atoms with Crippen molar-refractivity contribution in [1.29, 1.82) is 0 Å². The second-order valence-corrected chi connectivity index (χ2v) is 16.5. The van der Waals surface area contributed by atoms with Crippen LogP contribution in [0.15, 0.2) is 53.4 Å². The van der Waals surface area contributed by atoms with Gasteiger partial charge in [0.15, 0.2) is 11.4 Å². The first-order valence-corrected chi connectivity index (χ1v) is 18.5. The van der Waals surface area contributed by atoms with E-state index in [1.54, 1.807) is 18.2 Å². The zero-order chi connectivity index (χ0) is 32.0. The molecular weight excluding hydrogens is 629 g/mol. The summed E-state index contributed by atoms with van der Waals surface area (Å²) in [7, 11) is -3.99. The molecule has 11 nitrogen and oxygen atoms in total. The highest BCUT2D eigenvalue weighted by molar-refractivity contribution is 7.89. The van der Waals surface area contributed by atoms with Gasteiger partial charge in [0.25, 0.3) is 0 Å². The van der Waals surface area contributed by atoms with Crippen LogP contribution in [0.5, 0.6) is 0 Å². The number of aliphatic hydroxyl groups is 1. The first-order chi connectivity index (χ1) is 22.1. The molecule has 46 heavy (non-hydrogen) atoms. The average Bonchev–Trinajstić information content (AvgIpc) is 3.48. The number of carbonyl (C=O) groups excluding carboxylic acids is 1. The Morgan fingerprint density at radius 2 is 1.89 bits per heavy atom. The molecule has 2 aliphatic heterocycles. The van der Waals surface area contributed by atoms with Gasteiger partial charge in [-0.15, -0.1) is 0 Å². The smallest absolute Gasteiger partial charge is 0.407 e. The normalized spacial score (nSPS) is 26.8. The summed E-state index contributed by atoms with van der Waals surface area (Å²) >= 11 is 1.44. The van der Waals surface area contributed by atoms with Gasteiger partial charge in [-0.1, -0.05) is 55.5 Å². The Bertz CT molecular complexity index is 1650. The molecule has 7 atom stereocenters. The van der Waals surface area contributed by atoms with Crippen molar-refractivity contribution in [2.75, 3.05) is 31.6 Å². The van der Waals surface area contributed by atoms with Crippen molar-refractivity contribution in [3.05, 3.63) is 54.1 Å². The van der Waals surface area contributed by atoms with Crippen LogP contribution in [0.25, 0.3) is 10.2 Å². The highest BCUT2D eigenvalue weighted by atomic mass is 32.2. The lowest BCUT2D eigenvalue weighted by molar-refractivity contribution is -0.169. The topological polar surface area (TPSA) is 139 Å². The number of thiazole rings is 1. The van der Waals surface area contributed by atoms with Crippen LogP contribution >= 0.6 is 11.3 Å². The van der Waals surface area contributed by atoms with Gasteiger partial charge in [-0.25, -0.2) is 18.2 Å². The number of aliphatic hydroxyl groups excluding tert-OH is 1. The number of fused-ring (bicyclic) bond motifs is 2. The summed E-state index contributed by atoms with van der Waals surface area (Å²) in [5, 5.41) is 18.7. The zero-order valence-corrected chi connectivity index (χ0v) is 27.7. The standard InChI is InChI=1S/C33H42N4O7S2/c1-19(2)15-37(46(40,41)23-10-11-26-29(14-23)45-32(35-26)34-22-8-9-22)16-28(38)27(12-20-6-4-3-5-7-20)36-33(39)44-30-21-13-24-25(30)18-43-31(24)42-17-21/h3-7,10-11,14,19,21-22,24-25,27-28,30-31,38H,8-9,12-13,15-18H2,1-2H3,(H,34,35)(H,36,39)/t21?,24?,25?,27-,28+,30?,31?/m0/s1. The summed E-state index contributed by atoms with van der Waals surface area (Å²) < 4.78 is 47.9. The number of nitrogens with one attached hydrogen (secondary N) is 2. The van der Waals surface area contributed by atoms with Gasteiger partial charge in [-0.05, 0) is 55.4 Å². The van der Waals surface area contributed by atoms with Crippen molar-refractivity contribution in [1.82, 2.24) is 14.6 Å². The number of carbonyl (C=O) groups is 1. The van der Waals surface area contributed by atoms with Crippen LogP contribution in [-0.4, -0.2) is 85.8 Å². The number of hydrogen-bond donors (Lipinski definition) is 3. The molecule has 2 aromatic carbocycles. The van der Waals surface area contributed by atoms with Crippen LogP contribution in [-0.2, 0) is 30.7 Å². The van der Waals surface area contributed by atoms with Gasteiger partial charge in [-0.2, -0.15) is 4.31 Å². The Hall–Kier alpha value is -2.81. The maximum Gasteiger partial charge on any atom is 0.407 e. The van der Waals surface area contributed by atoms with Crippen LogP contribution in [0.4, 0.5) is 9.93 Å². The highest BCUT2D eigenvalue weighted by Gasteiger charge is 2.56. The zero-order valence-electron chi connectivity index (χ0n) is 26.1. The number of sulfonamides is 1. The lowest BCUT2D eigenvalue weighted by atomic mass is 9.98. The molecule has 7 rings (SSSR count). The lowest BCUT2D eigenvalue weighted by Gasteiger charge is -2.31. The van der Waals surface area contributed by atoms with E-state index in [1.807, 2.05) is 44.2 Å². The van der Waals surface area contributed by atoms with Crippen molar-refractivity contribution in [2.24, 2.45) is 23.7 Å². The van der Waals surface area contributed by atoms with Crippen molar-refractivity contribution in [3.63, 3.8) is 0 Å². The SMILES string of the molecule is CC(C)CN(C[C@@H](O)[C@H](Cc1ccccc1)NC(=O)OC1C2COC3OCC1C3C2)S(=O)(=O)c1ccc2nc(NC3CC3)sc2c1. The van der Waals surface area contributed by atoms with Crippen LogP contribution in [0.1, 0.15) is 38.7 Å². The molecule has 0 spiro atoms. The molecule has 1 amide bonds. The Kier molecular flexibility index (Phi) is 8.98. The number of benzene rings is 2. The van der Waals surface area contributed by atoms with Gasteiger partial charge < -0.3 is 30.0 Å². The molecule has 5 unspecified atom stereocenters. The summed E-state index contributed by atoms with van der Waals surface area (Å²) in [5.41, 5.74) is 1.64. The Balaban J connectivity index is 1.09. The molecule has 13 heteroatoms. The highest BCUT2D eigenvalue weighted by Crippen LogP contribution is 2.49. The molecule has 2 saturated carbocycles. The molecule has 2 aliphatic carbocycles. The van der Waals surface area contributed by atoms with Crippen molar-refractivity contribution in [3.8, 4) is 0 Å². The van der Waals surface area contributed by atoms with Gasteiger partial charge in [0.1, 0.15) is 6.10 Å². The van der Waals surface area contributed by atoms with Gasteiger partial charge in [-0.3, -0.25) is 0 Å². The van der Waals surface area contributed by atoms with Gasteiger partial charge in [0, 0.05) is 36.9 Å². The van der Waals surface area contributed by atoms with E-state index in [1.165, 1.54) is 15.6 Å². The van der Waals surface area contributed by atoms with Crippen molar-refractivity contribution in [2.45, 2.75) is 75.0 Å². The molecule has 3 heterocycles. The summed E-state index contributed by atoms with van der Waals surface area (Å²) in [4.78, 5) is 18.1. The minimum Gasteiger partial charge on any atom is -0.445 e. The fourth-order valence-corrected chi connectivity index (χ4v) is 9.71. The maximum atomic E-state index is 14.1. The van der Waals surface area contributed by atoms with Gasteiger partial charge in [0.2, 0.25) is 10.0 Å². The van der Waals surface area contributed by atoms with E-state index in [0.29, 0.717) is 25.7 Å². The number of amides is 1. The van der Waals surface area contributed by atoms with Crippen molar-refractivity contribution >= 4 is 42.8 Å². The molecule has 248 valence electrons. The summed E-state index contributed by atoms with van der Waals surface area (Å²) in [6.07, 6.45) is 1.03. The minimum absolute atomic E-state index is 0.00430. The molecule has 2 saturated heterocycles. The summed E-state index contributed by atoms with van der Waals surface area (Å²) in [6.45, 7) is 4.85. The largest absolute Gasteiger partial charge is 0.445 e. The second kappa shape index (κ2) is 13.0. The third-order valence-electron chi connectivity index (χ3n) is 9.46. The number of rotatable bonds is 13. The second-order valence-electron chi connectivity index (χ2n) is 13.5. The molecule has 4 aliphatic rings. The molecule has 1 aromatic heterocycles. The maximum absolute atomic E-state index is 14.1. The van der Waals surface area contributed by atoms with Crippen LogP contribution < -0.4 is 10.6 Å². The molecule has 2 bridgehead atoms. The quantitative estimate of drug-likeness (QED) is 0.244. The fourth-order valence-electron chi connectivity index (χ4n) is 7.00. The first-order valence-electron chi connectivity index (χ1n) is 16.2. The molecule has 3 N–H and O–H groups in total. The third-order valence-corrected chi connectivity index (χ3v) is 12.2. The summed E-state index contributed by atoms with van der Waals surface area (Å²) in [5.74, 6) is 0.419. The number of ether oxygens (including phenoxy) is 3. The van der Waals surface area contributed by atoms with E-state index in [-0.39, 0.29) is 54.1 Å². The number of nitrogens with zero attached hydrogens (tertiary/aromatic N) is 2. The fraction of sp³-hybridized carbons (Fsp3) is 0.576. The molecule has 0 radical (unpaired) electrons. The Morgan fingerprint density at radius 1 is 1.11 bits per heavy atom. The number of anilines is 1. The molecule has 3 aromatic rings. The number of alkyl carbamates (subject to hydrolysis) is 1. The lowest BCUT2D eigenvalue weighted by Crippen LogP contribution is -2.52. The molecular formula is C33H42N4O7S2. The number of aromatic nitrogens is 1. The predicted octanol–water partition coefficient (Wildman–Crippen LogP) is 4.22. The van der Waals surface area contributed by atoms with E-state index in [4.69, 9.17) is 14.2 Å². The van der Waals surface area contributed by atoms with E-state index >= 15 is 0 Å². The van der Waals surface area contributed by atoms with Crippen molar-refractivity contribution < 1.29 is 32.5 Å². The van der Waals surface area contributed by atoms with E-state index in [0.717, 1.165) is 40.2 Å². The first kappa shape index (κ1) is 31.8. The Labute approximate surface area is 273 Å². The van der Waals surface area contributed by atoms with Crippen LogP contribution in [0.3, 0.4) is 0 Å². The molecule has 4 fully saturated rings. The number of hydrogen-bond acceptors (Lipinski definition) is 10. The van der Waals surface area contributed by atoms with Gasteiger partial charge >= 0.3 is 6.09 Å². The minimum atomic E-state index is -3.99. The van der Waals surface area contributed by atoms with E-state index in [2.05, 4.69) is 15.6 Å². The Morgan fingerprint density at radius 3 is 2.65 bits per heavy atom. The third kappa shape index (κ3) is 6.76. The summed E-state index contributed by atoms with van der Waals surface area (Å²) in [6, 6.07) is 14.1.